The predicted molar refractivity (Wildman–Crippen MR) is 169 cm³/mol. The van der Waals surface area contributed by atoms with E-state index >= 15 is 0 Å². The molecule has 1 amide bonds. The molecule has 0 N–H and O–H groups in total. The van der Waals surface area contributed by atoms with E-state index < -0.39 is 11.7 Å². The summed E-state index contributed by atoms with van der Waals surface area (Å²) < 4.78 is 19.3. The second-order valence-electron chi connectivity index (χ2n) is 11.1. The van der Waals surface area contributed by atoms with Gasteiger partial charge in [0.05, 0.1) is 48.0 Å². The normalized spacial score (nSPS) is 11.2. The fraction of sp³-hybridized carbons (Fsp3) is 0.182. The molecule has 4 heterocycles. The summed E-state index contributed by atoms with van der Waals surface area (Å²) in [4.78, 5) is 23.5. The number of nitriles is 2. The molecule has 0 saturated carbocycles. The Balaban J connectivity index is 1.49. The Labute approximate surface area is 263 Å². The Morgan fingerprint density at radius 2 is 1.20 bits per heavy atom. The third-order valence-corrected chi connectivity index (χ3v) is 6.96. The van der Waals surface area contributed by atoms with Gasteiger partial charge in [0.15, 0.2) is 11.4 Å². The van der Waals surface area contributed by atoms with Gasteiger partial charge in [-0.2, -0.15) is 20.7 Å². The highest BCUT2D eigenvalue weighted by Gasteiger charge is 2.27. The Kier molecular flexibility index (Phi) is 7.43. The first-order chi connectivity index (χ1) is 22.1. The molecule has 0 saturated heterocycles. The zero-order chi connectivity index (χ0) is 32.6. The summed E-state index contributed by atoms with van der Waals surface area (Å²) in [7, 11) is 3.02. The summed E-state index contributed by atoms with van der Waals surface area (Å²) in [5, 5.41) is 30.6. The van der Waals surface area contributed by atoms with E-state index in [0.29, 0.717) is 67.7 Å². The summed E-state index contributed by atoms with van der Waals surface area (Å²) in [5.41, 5.74) is 2.84. The Morgan fingerprint density at radius 1 is 0.739 bits per heavy atom. The van der Waals surface area contributed by atoms with Gasteiger partial charge in [-0.3, -0.25) is 0 Å². The predicted octanol–water partition coefficient (Wildman–Crippen LogP) is 5.99. The van der Waals surface area contributed by atoms with E-state index in [4.69, 9.17) is 14.2 Å². The van der Waals surface area contributed by atoms with Crippen molar-refractivity contribution in [2.45, 2.75) is 26.4 Å². The van der Waals surface area contributed by atoms with Crippen LogP contribution in [0.4, 0.5) is 16.2 Å². The number of fused-ring (bicyclic) bond motifs is 2. The van der Waals surface area contributed by atoms with Crippen molar-refractivity contribution >= 4 is 39.3 Å². The fourth-order valence-corrected chi connectivity index (χ4v) is 4.97. The first-order valence-electron chi connectivity index (χ1n) is 14.0. The SMILES string of the molecule is COc1cc(-n2nc3cc(N(C(=O)OC(C)(C)C)c4ccc5c(C#N)n(-c6ccnc(OC)c6)nc5c4)ccc3c2C#N)ccn1. The number of rotatable bonds is 6. The molecule has 0 unspecified atom stereocenters. The average Bonchev–Trinajstić information content (AvgIpc) is 3.61. The van der Waals surface area contributed by atoms with Gasteiger partial charge in [-0.25, -0.2) is 29.0 Å². The van der Waals surface area contributed by atoms with Crippen molar-refractivity contribution in [3.05, 3.63) is 84.4 Å². The summed E-state index contributed by atoms with van der Waals surface area (Å²) >= 11 is 0. The number of methoxy groups -OCH3 is 2. The van der Waals surface area contributed by atoms with E-state index in [2.05, 4.69) is 32.3 Å². The van der Waals surface area contributed by atoms with Crippen LogP contribution in [0, 0.1) is 22.7 Å². The maximum Gasteiger partial charge on any atom is 0.419 e. The second-order valence-corrected chi connectivity index (χ2v) is 11.1. The second kappa shape index (κ2) is 11.6. The van der Waals surface area contributed by atoms with E-state index in [1.165, 1.54) is 28.5 Å². The monoisotopic (exact) mass is 613 g/mol. The highest BCUT2D eigenvalue weighted by atomic mass is 16.6. The van der Waals surface area contributed by atoms with Gasteiger partial charge in [0.1, 0.15) is 17.7 Å². The van der Waals surface area contributed by atoms with Gasteiger partial charge in [0.25, 0.3) is 0 Å². The number of benzene rings is 2. The smallest absolute Gasteiger partial charge is 0.419 e. The van der Waals surface area contributed by atoms with Gasteiger partial charge >= 0.3 is 6.09 Å². The molecule has 0 radical (unpaired) electrons. The van der Waals surface area contributed by atoms with Crippen molar-refractivity contribution in [1.82, 2.24) is 29.5 Å². The molecule has 0 bridgehead atoms. The van der Waals surface area contributed by atoms with E-state index in [9.17, 15) is 15.3 Å². The molecule has 0 atom stereocenters. The largest absolute Gasteiger partial charge is 0.481 e. The topological polar surface area (TPSA) is 157 Å². The van der Waals surface area contributed by atoms with Crippen LogP contribution in [0.25, 0.3) is 33.2 Å². The van der Waals surface area contributed by atoms with Crippen LogP contribution in [0.15, 0.2) is 73.1 Å². The van der Waals surface area contributed by atoms with Crippen LogP contribution >= 0.6 is 0 Å². The number of hydrogen-bond donors (Lipinski definition) is 0. The standard InChI is InChI=1S/C33H27N9O4/c1-33(2,3)46-32(43)40(20-6-8-24-26(14-20)38-41(28(24)18-34)22-10-12-36-30(16-22)44-4)21-7-9-25-27(15-21)39-42(29(25)19-35)23-11-13-37-31(17-23)45-5/h6-17H,1-5H3. The summed E-state index contributed by atoms with van der Waals surface area (Å²) in [5.74, 6) is 0.747. The van der Waals surface area contributed by atoms with Gasteiger partial charge in [0, 0.05) is 35.3 Å². The van der Waals surface area contributed by atoms with E-state index in [1.54, 1.807) is 93.8 Å². The number of nitrogens with zero attached hydrogens (tertiary/aromatic N) is 9. The van der Waals surface area contributed by atoms with E-state index in [1.807, 2.05) is 0 Å². The molecule has 0 spiro atoms. The number of carbonyl (C=O) groups is 1. The number of carbonyl (C=O) groups excluding carboxylic acids is 1. The molecular formula is C33H27N9O4. The van der Waals surface area contributed by atoms with Crippen LogP contribution in [-0.2, 0) is 4.74 Å². The number of aromatic nitrogens is 6. The van der Waals surface area contributed by atoms with Crippen LogP contribution < -0.4 is 14.4 Å². The molecule has 0 aliphatic rings. The van der Waals surface area contributed by atoms with Gasteiger partial charge in [-0.1, -0.05) is 0 Å². The number of anilines is 2. The third-order valence-electron chi connectivity index (χ3n) is 6.96. The van der Waals surface area contributed by atoms with Gasteiger partial charge in [-0.05, 0) is 69.3 Å². The Hall–Kier alpha value is -6.47. The minimum Gasteiger partial charge on any atom is -0.481 e. The van der Waals surface area contributed by atoms with Crippen LogP contribution in [0.2, 0.25) is 0 Å². The lowest BCUT2D eigenvalue weighted by Crippen LogP contribution is -2.33. The quantitative estimate of drug-likeness (QED) is 0.219. The maximum absolute atomic E-state index is 13.8. The number of pyridine rings is 2. The lowest BCUT2D eigenvalue weighted by molar-refractivity contribution is 0.0599. The first-order valence-corrected chi connectivity index (χ1v) is 14.0. The van der Waals surface area contributed by atoms with E-state index in [0.717, 1.165) is 0 Å². The lowest BCUT2D eigenvalue weighted by atomic mass is 10.1. The number of ether oxygens (including phenoxy) is 3. The van der Waals surface area contributed by atoms with Crippen LogP contribution in [0.1, 0.15) is 32.2 Å². The highest BCUT2D eigenvalue weighted by Crippen LogP contribution is 2.34. The minimum atomic E-state index is -0.796. The first kappa shape index (κ1) is 29.6. The third kappa shape index (κ3) is 5.37. The van der Waals surface area contributed by atoms with Crippen molar-refractivity contribution in [1.29, 1.82) is 10.5 Å². The van der Waals surface area contributed by atoms with Gasteiger partial charge in [0.2, 0.25) is 11.8 Å². The minimum absolute atomic E-state index is 0.308. The summed E-state index contributed by atoms with van der Waals surface area (Å²) in [6, 6.07) is 21.6. The molecule has 4 aromatic heterocycles. The molecule has 228 valence electrons. The molecule has 2 aromatic carbocycles. The molecular weight excluding hydrogens is 586 g/mol. The van der Waals surface area contributed by atoms with Gasteiger partial charge < -0.3 is 14.2 Å². The van der Waals surface area contributed by atoms with E-state index in [-0.39, 0.29) is 0 Å². The maximum atomic E-state index is 13.8. The summed E-state index contributed by atoms with van der Waals surface area (Å²) in [6.07, 6.45) is 2.50. The molecule has 6 aromatic rings. The lowest BCUT2D eigenvalue weighted by Gasteiger charge is -2.27. The average molecular weight is 614 g/mol. The molecule has 13 heteroatoms. The van der Waals surface area contributed by atoms with Gasteiger partial charge in [-0.15, -0.1) is 0 Å². The van der Waals surface area contributed by atoms with Crippen LogP contribution in [-0.4, -0.2) is 55.4 Å². The molecule has 46 heavy (non-hydrogen) atoms. The van der Waals surface area contributed by atoms with Crippen molar-refractivity contribution in [3.63, 3.8) is 0 Å². The molecule has 0 aliphatic carbocycles. The molecule has 0 aliphatic heterocycles. The van der Waals surface area contributed by atoms with Crippen molar-refractivity contribution in [2.75, 3.05) is 19.1 Å². The number of hydrogen-bond acceptors (Lipinski definition) is 10. The van der Waals surface area contributed by atoms with Crippen molar-refractivity contribution < 1.29 is 19.0 Å². The molecule has 6 rings (SSSR count). The number of amides is 1. The Bertz CT molecular complexity index is 2070. The fourth-order valence-electron chi connectivity index (χ4n) is 4.97. The summed E-state index contributed by atoms with van der Waals surface area (Å²) in [6.45, 7) is 5.34. The van der Waals surface area contributed by atoms with Crippen molar-refractivity contribution in [2.24, 2.45) is 0 Å². The zero-order valence-electron chi connectivity index (χ0n) is 25.6. The molecule has 13 nitrogen and oxygen atoms in total. The molecule has 0 fully saturated rings. The zero-order valence-corrected chi connectivity index (χ0v) is 25.6. The van der Waals surface area contributed by atoms with Crippen molar-refractivity contribution in [3.8, 4) is 35.3 Å². The van der Waals surface area contributed by atoms with Crippen LogP contribution in [0.3, 0.4) is 0 Å². The highest BCUT2D eigenvalue weighted by molar-refractivity contribution is 6.01. The van der Waals surface area contributed by atoms with Crippen LogP contribution in [0.5, 0.6) is 11.8 Å². The Morgan fingerprint density at radius 3 is 1.59 bits per heavy atom.